The molecule has 2 aromatic rings. The number of rotatable bonds is 3. The van der Waals surface area contributed by atoms with Crippen LogP contribution in [-0.4, -0.2) is 5.91 Å². The maximum atomic E-state index is 12.7. The van der Waals surface area contributed by atoms with E-state index >= 15 is 0 Å². The molecule has 0 bridgehead atoms. The predicted octanol–water partition coefficient (Wildman–Crippen LogP) is 3.30. The highest BCUT2D eigenvalue weighted by atomic mass is 32.1. The van der Waals surface area contributed by atoms with Crippen LogP contribution in [0, 0.1) is 0 Å². The maximum Gasteiger partial charge on any atom is 0.416 e. The molecule has 0 saturated heterocycles. The smallest absolute Gasteiger partial charge is 0.323 e. The summed E-state index contributed by atoms with van der Waals surface area (Å²) in [5.41, 5.74) is 1.76. The van der Waals surface area contributed by atoms with Gasteiger partial charge in [0, 0.05) is 5.38 Å². The monoisotopic (exact) mass is 301 g/mol. The van der Waals surface area contributed by atoms with Crippen LogP contribution in [0.3, 0.4) is 0 Å². The lowest BCUT2D eigenvalue weighted by Crippen LogP contribution is -2.18. The topological polar surface area (TPSA) is 67.1 Å². The van der Waals surface area contributed by atoms with E-state index < -0.39 is 17.6 Å². The fraction of sp³-hybridized carbons (Fsp3) is 0.0833. The molecule has 0 aliphatic rings. The number of nitrogen functional groups attached to an aromatic ring is 1. The van der Waals surface area contributed by atoms with Crippen molar-refractivity contribution in [1.29, 1.82) is 0 Å². The van der Waals surface area contributed by atoms with E-state index in [1.807, 2.05) is 0 Å². The van der Waals surface area contributed by atoms with Crippen LogP contribution in [0.2, 0.25) is 0 Å². The van der Waals surface area contributed by atoms with Crippen molar-refractivity contribution in [2.24, 2.45) is 5.84 Å². The second-order valence-electron chi connectivity index (χ2n) is 3.87. The number of halogens is 3. The fourth-order valence-electron chi connectivity index (χ4n) is 1.57. The molecule has 1 aromatic carbocycles. The number of carbonyl (C=O) groups excluding carboxylic acids is 1. The molecule has 1 heterocycles. The van der Waals surface area contributed by atoms with Crippen LogP contribution in [0.15, 0.2) is 35.0 Å². The Morgan fingerprint density at radius 3 is 2.55 bits per heavy atom. The van der Waals surface area contributed by atoms with Gasteiger partial charge in [0.1, 0.15) is 0 Å². The summed E-state index contributed by atoms with van der Waals surface area (Å²) in [6.45, 7) is 0. The zero-order valence-electron chi connectivity index (χ0n) is 9.99. The van der Waals surface area contributed by atoms with Gasteiger partial charge in [-0.25, -0.2) is 0 Å². The summed E-state index contributed by atoms with van der Waals surface area (Å²) in [7, 11) is 0. The van der Waals surface area contributed by atoms with Crippen LogP contribution in [0.4, 0.5) is 24.5 Å². The third kappa shape index (κ3) is 3.09. The SMILES string of the molecule is NNc1ccc(C(F)(F)F)cc1C(=O)Nc1ccsc1. The van der Waals surface area contributed by atoms with Crippen molar-refractivity contribution in [3.8, 4) is 0 Å². The van der Waals surface area contributed by atoms with Gasteiger partial charge in [0.05, 0.1) is 22.5 Å². The van der Waals surface area contributed by atoms with Crippen LogP contribution in [0.25, 0.3) is 0 Å². The number of nitrogens with two attached hydrogens (primary N) is 1. The third-order valence-corrected chi connectivity index (χ3v) is 3.21. The average molecular weight is 301 g/mol. The number of anilines is 2. The summed E-state index contributed by atoms with van der Waals surface area (Å²) >= 11 is 1.36. The van der Waals surface area contributed by atoms with Gasteiger partial charge in [-0.3, -0.25) is 10.6 Å². The van der Waals surface area contributed by atoms with E-state index in [9.17, 15) is 18.0 Å². The standard InChI is InChI=1S/C12H10F3N3OS/c13-12(14,15)7-1-2-10(18-16)9(5-7)11(19)17-8-3-4-20-6-8/h1-6,18H,16H2,(H,17,19). The molecule has 0 aliphatic carbocycles. The van der Waals surface area contributed by atoms with Crippen molar-refractivity contribution in [2.75, 3.05) is 10.7 Å². The molecule has 0 radical (unpaired) electrons. The molecule has 0 unspecified atom stereocenters. The Balaban J connectivity index is 2.35. The summed E-state index contributed by atoms with van der Waals surface area (Å²) in [4.78, 5) is 12.0. The first-order valence-corrected chi connectivity index (χ1v) is 6.37. The lowest BCUT2D eigenvalue weighted by atomic mass is 10.1. The number of alkyl halides is 3. The molecule has 20 heavy (non-hydrogen) atoms. The van der Waals surface area contributed by atoms with Gasteiger partial charge in [0.25, 0.3) is 5.91 Å². The molecule has 8 heteroatoms. The van der Waals surface area contributed by atoms with E-state index in [-0.39, 0.29) is 11.3 Å². The van der Waals surface area contributed by atoms with Gasteiger partial charge in [0.15, 0.2) is 0 Å². The van der Waals surface area contributed by atoms with Crippen molar-refractivity contribution in [1.82, 2.24) is 0 Å². The Labute approximate surface area is 116 Å². The van der Waals surface area contributed by atoms with Crippen LogP contribution in [0.5, 0.6) is 0 Å². The third-order valence-electron chi connectivity index (χ3n) is 2.53. The number of thiophene rings is 1. The summed E-state index contributed by atoms with van der Waals surface area (Å²) in [5, 5.41) is 5.91. The second kappa shape index (κ2) is 5.51. The van der Waals surface area contributed by atoms with Crippen LogP contribution >= 0.6 is 11.3 Å². The molecule has 0 aliphatic heterocycles. The summed E-state index contributed by atoms with van der Waals surface area (Å²) in [6.07, 6.45) is -4.52. The van der Waals surface area contributed by atoms with Gasteiger partial charge in [-0.2, -0.15) is 24.5 Å². The molecular formula is C12H10F3N3OS. The fourth-order valence-corrected chi connectivity index (χ4v) is 2.16. The van der Waals surface area contributed by atoms with Crippen molar-refractivity contribution in [2.45, 2.75) is 6.18 Å². The molecule has 0 atom stereocenters. The van der Waals surface area contributed by atoms with Crippen molar-refractivity contribution < 1.29 is 18.0 Å². The Bertz CT molecular complexity index is 611. The van der Waals surface area contributed by atoms with Crippen LogP contribution in [0.1, 0.15) is 15.9 Å². The van der Waals surface area contributed by atoms with E-state index in [4.69, 9.17) is 5.84 Å². The molecule has 1 amide bonds. The van der Waals surface area contributed by atoms with Gasteiger partial charge in [-0.05, 0) is 29.6 Å². The van der Waals surface area contributed by atoms with Crippen LogP contribution in [-0.2, 0) is 6.18 Å². The molecule has 106 valence electrons. The zero-order chi connectivity index (χ0) is 14.8. The lowest BCUT2D eigenvalue weighted by Gasteiger charge is -2.12. The zero-order valence-corrected chi connectivity index (χ0v) is 10.8. The van der Waals surface area contributed by atoms with E-state index in [1.165, 1.54) is 11.3 Å². The second-order valence-corrected chi connectivity index (χ2v) is 4.65. The first kappa shape index (κ1) is 14.4. The first-order chi connectivity index (χ1) is 9.41. The number of hydrogen-bond donors (Lipinski definition) is 3. The minimum Gasteiger partial charge on any atom is -0.323 e. The van der Waals surface area contributed by atoms with Crippen molar-refractivity contribution >= 4 is 28.6 Å². The molecule has 1 aromatic heterocycles. The summed E-state index contributed by atoms with van der Waals surface area (Å²) < 4.78 is 38.0. The summed E-state index contributed by atoms with van der Waals surface area (Å²) in [6, 6.07) is 4.38. The first-order valence-electron chi connectivity index (χ1n) is 5.43. The van der Waals surface area contributed by atoms with Crippen molar-refractivity contribution in [3.05, 3.63) is 46.2 Å². The number of amides is 1. The Kier molecular flexibility index (Phi) is 3.96. The highest BCUT2D eigenvalue weighted by molar-refractivity contribution is 7.08. The minimum absolute atomic E-state index is 0.116. The van der Waals surface area contributed by atoms with Gasteiger partial charge < -0.3 is 10.7 Å². The number of benzene rings is 1. The predicted molar refractivity (Wildman–Crippen MR) is 71.5 cm³/mol. The number of hydrogen-bond acceptors (Lipinski definition) is 4. The molecule has 4 nitrogen and oxygen atoms in total. The largest absolute Gasteiger partial charge is 0.416 e. The van der Waals surface area contributed by atoms with Gasteiger partial charge in [-0.1, -0.05) is 0 Å². The number of nitrogens with one attached hydrogen (secondary N) is 2. The van der Waals surface area contributed by atoms with Crippen molar-refractivity contribution in [3.63, 3.8) is 0 Å². The lowest BCUT2D eigenvalue weighted by molar-refractivity contribution is -0.137. The Morgan fingerprint density at radius 1 is 1.25 bits per heavy atom. The molecular weight excluding hydrogens is 291 g/mol. The molecule has 0 saturated carbocycles. The van der Waals surface area contributed by atoms with Gasteiger partial charge in [0.2, 0.25) is 0 Å². The van der Waals surface area contributed by atoms with E-state index in [2.05, 4.69) is 10.7 Å². The normalized spacial score (nSPS) is 11.2. The Morgan fingerprint density at radius 2 is 2.00 bits per heavy atom. The van der Waals surface area contributed by atoms with Gasteiger partial charge in [-0.15, -0.1) is 0 Å². The summed E-state index contributed by atoms with van der Waals surface area (Å²) in [5.74, 6) is 4.55. The van der Waals surface area contributed by atoms with Gasteiger partial charge >= 0.3 is 6.18 Å². The molecule has 2 rings (SSSR count). The average Bonchev–Trinajstić information content (AvgIpc) is 2.89. The maximum absolute atomic E-state index is 12.7. The van der Waals surface area contributed by atoms with E-state index in [1.54, 1.807) is 16.8 Å². The van der Waals surface area contributed by atoms with E-state index in [0.29, 0.717) is 5.69 Å². The highest BCUT2D eigenvalue weighted by Crippen LogP contribution is 2.32. The minimum atomic E-state index is -4.52. The number of hydrazine groups is 1. The molecule has 0 fully saturated rings. The molecule has 0 spiro atoms. The van der Waals surface area contributed by atoms with E-state index in [0.717, 1.165) is 18.2 Å². The Hall–Kier alpha value is -2.06. The quantitative estimate of drug-likeness (QED) is 0.602. The van der Waals surface area contributed by atoms with Crippen LogP contribution < -0.4 is 16.6 Å². The number of carbonyl (C=O) groups is 1. The highest BCUT2D eigenvalue weighted by Gasteiger charge is 2.31. The molecule has 4 N–H and O–H groups in total.